The van der Waals surface area contributed by atoms with E-state index in [1.807, 2.05) is 0 Å². The van der Waals surface area contributed by atoms with Gasteiger partial charge >= 0.3 is 0 Å². The Morgan fingerprint density at radius 2 is 1.57 bits per heavy atom. The molecule has 4 N–H and O–H groups in total. The van der Waals surface area contributed by atoms with Gasteiger partial charge in [0.25, 0.3) is 16.0 Å². The summed E-state index contributed by atoms with van der Waals surface area (Å²) in [6.45, 7) is 3.61. The number of aryl methyl sites for hydroxylation is 2. The Kier molecular flexibility index (Phi) is 6.25. The number of benzene rings is 4. The van der Waals surface area contributed by atoms with Crippen LogP contribution in [0, 0.1) is 13.8 Å². The number of hydrogen-bond acceptors (Lipinski definition) is 7. The van der Waals surface area contributed by atoms with Crippen molar-refractivity contribution < 1.29 is 28.0 Å². The van der Waals surface area contributed by atoms with Crippen molar-refractivity contribution >= 4 is 43.9 Å². The number of nitrogens with one attached hydrogen (secondary N) is 1. The number of phenols is 2. The van der Waals surface area contributed by atoms with Crippen LogP contribution in [-0.4, -0.2) is 29.1 Å². The lowest BCUT2D eigenvalue weighted by Gasteiger charge is -2.11. The fraction of sp³-hybridized carbons (Fsp3) is 0.0800. The molecule has 0 radical (unpaired) electrons. The van der Waals surface area contributed by atoms with Gasteiger partial charge < -0.3 is 15.5 Å². The summed E-state index contributed by atoms with van der Waals surface area (Å²) in [7, 11) is -4.82. The zero-order valence-electron chi connectivity index (χ0n) is 18.7. The molecule has 0 heterocycles. The summed E-state index contributed by atoms with van der Waals surface area (Å²) >= 11 is 0. The molecule has 4 aromatic carbocycles. The molecule has 4 aromatic rings. The number of carbonyl (C=O) groups is 1. The second-order valence-corrected chi connectivity index (χ2v) is 9.32. The number of phenolic OH excluding ortho intramolecular Hbond substituents is 2. The lowest BCUT2D eigenvalue weighted by molar-refractivity contribution is 0.102. The minimum absolute atomic E-state index is 0.0628. The van der Waals surface area contributed by atoms with Gasteiger partial charge in [-0.15, -0.1) is 10.2 Å². The molecular formula is C25H21N3O6S. The van der Waals surface area contributed by atoms with Crippen molar-refractivity contribution in [2.75, 3.05) is 5.32 Å². The zero-order valence-corrected chi connectivity index (χ0v) is 19.5. The third-order valence-electron chi connectivity index (χ3n) is 5.47. The van der Waals surface area contributed by atoms with Crippen LogP contribution in [0.2, 0.25) is 0 Å². The van der Waals surface area contributed by atoms with E-state index in [-0.39, 0.29) is 28.1 Å². The molecular weight excluding hydrogens is 470 g/mol. The van der Waals surface area contributed by atoms with Crippen molar-refractivity contribution in [2.24, 2.45) is 10.2 Å². The quantitative estimate of drug-likeness (QED) is 0.205. The van der Waals surface area contributed by atoms with Gasteiger partial charge in [0.15, 0.2) is 5.75 Å². The number of azo groups is 1. The average Bonchev–Trinajstić information content (AvgIpc) is 2.81. The molecule has 0 aliphatic carbocycles. The lowest BCUT2D eigenvalue weighted by Crippen LogP contribution is -2.11. The van der Waals surface area contributed by atoms with Crippen LogP contribution in [0.3, 0.4) is 0 Å². The van der Waals surface area contributed by atoms with Crippen LogP contribution in [0.4, 0.5) is 17.1 Å². The summed E-state index contributed by atoms with van der Waals surface area (Å²) in [6.07, 6.45) is 0. The summed E-state index contributed by atoms with van der Waals surface area (Å²) in [6, 6.07) is 17.1. The fourth-order valence-electron chi connectivity index (χ4n) is 3.49. The van der Waals surface area contributed by atoms with E-state index in [0.29, 0.717) is 11.3 Å². The van der Waals surface area contributed by atoms with Crippen molar-refractivity contribution in [3.63, 3.8) is 0 Å². The maximum atomic E-state index is 12.4. The normalized spacial score (nSPS) is 11.7. The van der Waals surface area contributed by atoms with Crippen LogP contribution in [0.25, 0.3) is 10.8 Å². The van der Waals surface area contributed by atoms with Gasteiger partial charge in [0.1, 0.15) is 22.0 Å². The second-order valence-electron chi connectivity index (χ2n) is 7.93. The molecule has 0 spiro atoms. The number of rotatable bonds is 5. The van der Waals surface area contributed by atoms with Crippen LogP contribution < -0.4 is 5.32 Å². The van der Waals surface area contributed by atoms with Crippen LogP contribution in [0.1, 0.15) is 21.5 Å². The van der Waals surface area contributed by atoms with E-state index in [1.54, 1.807) is 50.2 Å². The smallest absolute Gasteiger partial charge is 0.296 e. The molecule has 10 heteroatoms. The maximum Gasteiger partial charge on any atom is 0.296 e. The first-order valence-corrected chi connectivity index (χ1v) is 11.8. The second kappa shape index (κ2) is 9.16. The van der Waals surface area contributed by atoms with Crippen LogP contribution in [-0.2, 0) is 10.1 Å². The predicted octanol–water partition coefficient (Wildman–Crippen LogP) is 5.78. The van der Waals surface area contributed by atoms with E-state index in [2.05, 4.69) is 15.5 Å². The summed E-state index contributed by atoms with van der Waals surface area (Å²) in [5.41, 5.74) is 2.00. The molecule has 9 nitrogen and oxygen atoms in total. The first-order valence-electron chi connectivity index (χ1n) is 10.4. The number of aromatic hydroxyl groups is 2. The van der Waals surface area contributed by atoms with Gasteiger partial charge in [0, 0.05) is 16.6 Å². The standard InChI is InChI=1S/C25H21N3O6S/c1-14-10-20(21(29)11-15(14)2)27-28-23-22(35(32,33)34)13-17-12-18(8-9-19(17)24(23)30)26-25(31)16-6-4-3-5-7-16/h3-13,29-30H,1-2H3,(H,26,31)(H,32,33,34)/b28-27-. The monoisotopic (exact) mass is 491 g/mol. The molecule has 0 unspecified atom stereocenters. The minimum Gasteiger partial charge on any atom is -0.506 e. The molecule has 0 aromatic heterocycles. The first kappa shape index (κ1) is 23.9. The Labute approximate surface area is 201 Å². The summed E-state index contributed by atoms with van der Waals surface area (Å²) in [5.74, 6) is -1.09. The minimum atomic E-state index is -4.82. The Morgan fingerprint density at radius 3 is 2.26 bits per heavy atom. The van der Waals surface area contributed by atoms with Crippen molar-refractivity contribution in [2.45, 2.75) is 18.7 Å². The zero-order chi connectivity index (χ0) is 25.3. The molecule has 0 saturated heterocycles. The topological polar surface area (TPSA) is 149 Å². The van der Waals surface area contributed by atoms with Crippen LogP contribution in [0.15, 0.2) is 81.9 Å². The lowest BCUT2D eigenvalue weighted by atomic mass is 10.1. The number of carbonyl (C=O) groups excluding carboxylic acids is 1. The highest BCUT2D eigenvalue weighted by Crippen LogP contribution is 2.42. The van der Waals surface area contributed by atoms with Crippen LogP contribution >= 0.6 is 0 Å². The number of anilines is 1. The van der Waals surface area contributed by atoms with Gasteiger partial charge in [0.2, 0.25) is 0 Å². The molecule has 0 bridgehead atoms. The molecule has 0 fully saturated rings. The van der Waals surface area contributed by atoms with Crippen molar-refractivity contribution in [3.05, 3.63) is 83.4 Å². The summed E-state index contributed by atoms with van der Waals surface area (Å²) in [5, 5.41) is 31.8. The molecule has 178 valence electrons. The van der Waals surface area contributed by atoms with Gasteiger partial charge in [-0.2, -0.15) is 8.42 Å². The van der Waals surface area contributed by atoms with E-state index in [4.69, 9.17) is 0 Å². The Morgan fingerprint density at radius 1 is 0.886 bits per heavy atom. The van der Waals surface area contributed by atoms with Gasteiger partial charge in [-0.1, -0.05) is 18.2 Å². The highest BCUT2D eigenvalue weighted by atomic mass is 32.2. The average molecular weight is 492 g/mol. The van der Waals surface area contributed by atoms with E-state index < -0.39 is 26.5 Å². The predicted molar refractivity (Wildman–Crippen MR) is 132 cm³/mol. The summed E-state index contributed by atoms with van der Waals surface area (Å²) in [4.78, 5) is 11.8. The van der Waals surface area contributed by atoms with Gasteiger partial charge in [-0.3, -0.25) is 9.35 Å². The van der Waals surface area contributed by atoms with E-state index >= 15 is 0 Å². The van der Waals surface area contributed by atoms with Crippen LogP contribution in [0.5, 0.6) is 11.5 Å². The number of amides is 1. The number of fused-ring (bicyclic) bond motifs is 1. The molecule has 0 atom stereocenters. The third kappa shape index (κ3) is 4.98. The van der Waals surface area contributed by atoms with Crippen molar-refractivity contribution in [1.29, 1.82) is 0 Å². The largest absolute Gasteiger partial charge is 0.506 e. The van der Waals surface area contributed by atoms with Crippen molar-refractivity contribution in [1.82, 2.24) is 0 Å². The van der Waals surface area contributed by atoms with E-state index in [1.165, 1.54) is 24.3 Å². The first-order chi connectivity index (χ1) is 16.5. The Bertz CT molecular complexity index is 1600. The fourth-order valence-corrected chi connectivity index (χ4v) is 4.14. The molecule has 0 aliphatic rings. The Hall–Kier alpha value is -4.28. The van der Waals surface area contributed by atoms with Gasteiger partial charge in [-0.25, -0.2) is 0 Å². The van der Waals surface area contributed by atoms with E-state index in [9.17, 15) is 28.0 Å². The molecule has 35 heavy (non-hydrogen) atoms. The number of hydrogen-bond donors (Lipinski definition) is 4. The van der Waals surface area contributed by atoms with Gasteiger partial charge in [-0.05, 0) is 78.9 Å². The highest BCUT2D eigenvalue weighted by Gasteiger charge is 2.22. The molecule has 4 rings (SSSR count). The Balaban J connectivity index is 1.79. The maximum absolute atomic E-state index is 12.4. The highest BCUT2D eigenvalue weighted by molar-refractivity contribution is 7.86. The van der Waals surface area contributed by atoms with E-state index in [0.717, 1.165) is 17.2 Å². The molecule has 0 saturated carbocycles. The molecule has 0 aliphatic heterocycles. The summed E-state index contributed by atoms with van der Waals surface area (Å²) < 4.78 is 34.0. The molecule has 1 amide bonds. The van der Waals surface area contributed by atoms with Crippen molar-refractivity contribution in [3.8, 4) is 11.5 Å². The van der Waals surface area contributed by atoms with Gasteiger partial charge in [0.05, 0.1) is 0 Å². The SMILES string of the molecule is Cc1cc(O)c(/N=N\c2c(S(=O)(=O)O)cc3cc(NC(=O)c4ccccc4)ccc3c2O)cc1C. The number of nitrogens with zero attached hydrogens (tertiary/aromatic N) is 2. The third-order valence-corrected chi connectivity index (χ3v) is 6.34.